The van der Waals surface area contributed by atoms with Gasteiger partial charge in [-0.3, -0.25) is 4.57 Å². The Kier molecular flexibility index (Phi) is 8.41. The maximum absolute atomic E-state index is 13.8. The lowest BCUT2D eigenvalue weighted by Crippen LogP contribution is -2.29. The van der Waals surface area contributed by atoms with Crippen molar-refractivity contribution in [3.63, 3.8) is 0 Å². The van der Waals surface area contributed by atoms with Gasteiger partial charge >= 0.3 is 0 Å². The lowest BCUT2D eigenvalue weighted by atomic mass is 10.1. The molecule has 0 saturated heterocycles. The van der Waals surface area contributed by atoms with Gasteiger partial charge in [0.25, 0.3) is 0 Å². The molecule has 4 aromatic rings. The first kappa shape index (κ1) is 27.9. The third kappa shape index (κ3) is 5.68. The molecule has 0 aliphatic carbocycles. The van der Waals surface area contributed by atoms with E-state index in [1.165, 1.54) is 28.4 Å². The van der Waals surface area contributed by atoms with Gasteiger partial charge < -0.3 is 18.9 Å². The fraction of sp³-hybridized carbons (Fsp3) is 0.346. The predicted molar refractivity (Wildman–Crippen MR) is 143 cm³/mol. The molecule has 0 saturated carbocycles. The van der Waals surface area contributed by atoms with Crippen LogP contribution >= 0.6 is 0 Å². The number of para-hydroxylation sites is 1. The van der Waals surface area contributed by atoms with Crippen LogP contribution in [0.25, 0.3) is 17.2 Å². The van der Waals surface area contributed by atoms with Gasteiger partial charge in [0.2, 0.25) is 5.88 Å². The average molecular weight is 555 g/mol. The van der Waals surface area contributed by atoms with Crippen LogP contribution in [-0.2, 0) is 20.3 Å². The van der Waals surface area contributed by atoms with Gasteiger partial charge in [0.1, 0.15) is 40.6 Å². The summed E-state index contributed by atoms with van der Waals surface area (Å²) in [6.07, 6.45) is 2.33. The van der Waals surface area contributed by atoms with Crippen LogP contribution in [0.3, 0.4) is 0 Å². The molecule has 12 nitrogen and oxygen atoms in total. The second-order valence-corrected chi connectivity index (χ2v) is 10.9. The number of methoxy groups -OCH3 is 4. The summed E-state index contributed by atoms with van der Waals surface area (Å²) in [5.41, 5.74) is 1.39. The maximum atomic E-state index is 13.8. The Balaban J connectivity index is 1.85. The Morgan fingerprint density at radius 3 is 2.13 bits per heavy atom. The number of benzene rings is 1. The van der Waals surface area contributed by atoms with Gasteiger partial charge in [-0.1, -0.05) is 12.1 Å². The number of aryl methyl sites for hydroxylation is 1. The van der Waals surface area contributed by atoms with Crippen molar-refractivity contribution in [2.24, 2.45) is 0 Å². The minimum absolute atomic E-state index is 0.138. The molecule has 0 unspecified atom stereocenters. The highest BCUT2D eigenvalue weighted by atomic mass is 32.2. The molecule has 0 bridgehead atoms. The largest absolute Gasteiger partial charge is 0.494 e. The molecule has 0 aliphatic rings. The number of sulfone groups is 1. The Bertz CT molecular complexity index is 1520. The number of rotatable bonds is 11. The molecule has 2 atom stereocenters. The molecule has 39 heavy (non-hydrogen) atoms. The van der Waals surface area contributed by atoms with E-state index in [0.717, 1.165) is 0 Å². The van der Waals surface area contributed by atoms with Crippen molar-refractivity contribution in [2.75, 3.05) is 28.4 Å². The van der Waals surface area contributed by atoms with E-state index in [-0.39, 0.29) is 11.6 Å². The average Bonchev–Trinajstić information content (AvgIpc) is 3.35. The van der Waals surface area contributed by atoms with Gasteiger partial charge in [0.05, 0.1) is 26.6 Å². The van der Waals surface area contributed by atoms with Crippen LogP contribution in [0.4, 0.5) is 0 Å². The van der Waals surface area contributed by atoms with E-state index in [9.17, 15) is 8.42 Å². The monoisotopic (exact) mass is 554 g/mol. The maximum Gasteiger partial charge on any atom is 0.213 e. The number of hydrogen-bond donors (Lipinski definition) is 0. The quantitative estimate of drug-likeness (QED) is 0.270. The van der Waals surface area contributed by atoms with Gasteiger partial charge in [0, 0.05) is 31.1 Å². The van der Waals surface area contributed by atoms with Gasteiger partial charge in [-0.15, -0.1) is 10.2 Å². The molecule has 4 rings (SSSR count). The fourth-order valence-corrected chi connectivity index (χ4v) is 5.62. The highest BCUT2D eigenvalue weighted by Crippen LogP contribution is 2.37. The molecule has 0 fully saturated rings. The molecule has 0 N–H and O–H groups in total. The first-order valence-electron chi connectivity index (χ1n) is 11.9. The molecule has 1 aromatic carbocycles. The summed E-state index contributed by atoms with van der Waals surface area (Å²) in [6, 6.07) is 10.4. The number of hydrogen-bond acceptors (Lipinski definition) is 11. The van der Waals surface area contributed by atoms with Crippen molar-refractivity contribution in [3.05, 3.63) is 66.0 Å². The Morgan fingerprint density at radius 2 is 1.54 bits per heavy atom. The second-order valence-electron chi connectivity index (χ2n) is 8.58. The topological polar surface area (TPSA) is 140 Å². The summed E-state index contributed by atoms with van der Waals surface area (Å²) in [6.45, 7) is 3.33. The van der Waals surface area contributed by atoms with Crippen molar-refractivity contribution >= 4 is 9.84 Å². The van der Waals surface area contributed by atoms with Gasteiger partial charge in [-0.25, -0.2) is 23.4 Å². The normalized spacial score (nSPS) is 13.1. The van der Waals surface area contributed by atoms with Gasteiger partial charge in [-0.05, 0) is 32.0 Å². The molecule has 3 heterocycles. The van der Waals surface area contributed by atoms with E-state index in [0.29, 0.717) is 40.1 Å². The zero-order chi connectivity index (χ0) is 28.2. The van der Waals surface area contributed by atoms with Crippen LogP contribution in [0, 0.1) is 6.92 Å². The van der Waals surface area contributed by atoms with E-state index >= 15 is 0 Å². The predicted octanol–water partition coefficient (Wildman–Crippen LogP) is 3.14. The van der Waals surface area contributed by atoms with Crippen LogP contribution in [-0.4, -0.2) is 71.8 Å². The van der Waals surface area contributed by atoms with Crippen LogP contribution in [0.5, 0.6) is 17.4 Å². The van der Waals surface area contributed by atoms with E-state index in [4.69, 9.17) is 18.9 Å². The number of ether oxygens (including phenoxy) is 4. The smallest absolute Gasteiger partial charge is 0.213 e. The minimum Gasteiger partial charge on any atom is -0.494 e. The summed E-state index contributed by atoms with van der Waals surface area (Å²) in [5.74, 6) is 1.75. The molecule has 0 aliphatic heterocycles. The van der Waals surface area contributed by atoms with Crippen molar-refractivity contribution < 1.29 is 27.4 Å². The fourth-order valence-electron chi connectivity index (χ4n) is 4.16. The molecule has 0 radical (unpaired) electrons. The van der Waals surface area contributed by atoms with Gasteiger partial charge in [0.15, 0.2) is 21.5 Å². The van der Waals surface area contributed by atoms with Gasteiger partial charge in [-0.2, -0.15) is 0 Å². The third-order valence-corrected chi connectivity index (χ3v) is 8.26. The van der Waals surface area contributed by atoms with Crippen LogP contribution in [0.1, 0.15) is 30.2 Å². The highest BCUT2D eigenvalue weighted by molar-refractivity contribution is 7.91. The summed E-state index contributed by atoms with van der Waals surface area (Å²) >= 11 is 0. The Hall–Kier alpha value is -4.10. The van der Waals surface area contributed by atoms with E-state index in [1.54, 1.807) is 67.2 Å². The summed E-state index contributed by atoms with van der Waals surface area (Å²) in [5, 5.41) is 7.66. The standard InChI is InChI=1S/C26H30N6O6S/c1-16(25(38-6)18-13-27-17(2)28-14-18)39(33,34)15-22-30-31-26(19-9-7-12-23(29-19)37-5)32(22)24-20(35-3)10-8-11-21(24)36-4/h7-14,16,25H,15H2,1-6H3/t16-,25+/m1/s1. The molecule has 0 amide bonds. The van der Waals surface area contributed by atoms with Crippen LogP contribution in [0.15, 0.2) is 48.8 Å². The van der Waals surface area contributed by atoms with Crippen LogP contribution < -0.4 is 14.2 Å². The zero-order valence-corrected chi connectivity index (χ0v) is 23.3. The summed E-state index contributed by atoms with van der Waals surface area (Å²) < 4.78 is 51.2. The SMILES string of the molecule is COc1cccc(-c2nnc(CS(=O)(=O)[C@H](C)[C@H](OC)c3cnc(C)nc3)n2-c2c(OC)cccc2OC)n1. The number of nitrogens with zero attached hydrogens (tertiary/aromatic N) is 6. The van der Waals surface area contributed by atoms with Crippen molar-refractivity contribution in [2.45, 2.75) is 31.0 Å². The molecule has 206 valence electrons. The molecule has 0 spiro atoms. The van der Waals surface area contributed by atoms with Crippen LogP contribution in [0.2, 0.25) is 0 Å². The van der Waals surface area contributed by atoms with Crippen molar-refractivity contribution in [1.29, 1.82) is 0 Å². The second kappa shape index (κ2) is 11.7. The molecular weight excluding hydrogens is 524 g/mol. The summed E-state index contributed by atoms with van der Waals surface area (Å²) in [7, 11) is 2.11. The third-order valence-electron chi connectivity index (χ3n) is 6.22. The zero-order valence-electron chi connectivity index (χ0n) is 22.5. The summed E-state index contributed by atoms with van der Waals surface area (Å²) in [4.78, 5) is 12.8. The Morgan fingerprint density at radius 1 is 0.897 bits per heavy atom. The van der Waals surface area contributed by atoms with Crippen molar-refractivity contribution in [1.82, 2.24) is 29.7 Å². The molecule has 3 aromatic heterocycles. The lowest BCUT2D eigenvalue weighted by Gasteiger charge is -2.23. The Labute approximate surface area is 226 Å². The van der Waals surface area contributed by atoms with E-state index < -0.39 is 26.9 Å². The van der Waals surface area contributed by atoms with E-state index in [1.807, 2.05) is 0 Å². The number of pyridine rings is 1. The first-order chi connectivity index (χ1) is 18.7. The van der Waals surface area contributed by atoms with E-state index in [2.05, 4.69) is 25.1 Å². The minimum atomic E-state index is -3.86. The lowest BCUT2D eigenvalue weighted by molar-refractivity contribution is 0.102. The first-order valence-corrected chi connectivity index (χ1v) is 13.7. The highest BCUT2D eigenvalue weighted by Gasteiger charge is 2.34. The molecule has 13 heteroatoms. The molecular formula is C26H30N6O6S. The number of aromatic nitrogens is 6. The van der Waals surface area contributed by atoms with Crippen molar-refractivity contribution in [3.8, 4) is 34.6 Å².